The molecule has 8 rings (SSSR count). The lowest BCUT2D eigenvalue weighted by atomic mass is 9.80. The fourth-order valence-electron chi connectivity index (χ4n) is 9.85. The first-order valence-electron chi connectivity index (χ1n) is 26.8. The zero-order chi connectivity index (χ0) is 59.6. The van der Waals surface area contributed by atoms with E-state index < -0.39 is 72.0 Å². The Morgan fingerprint density at radius 2 is 1.36 bits per heavy atom. The van der Waals surface area contributed by atoms with Crippen molar-refractivity contribution in [3.8, 4) is 11.5 Å². The van der Waals surface area contributed by atoms with Crippen LogP contribution in [-0.2, 0) is 33.7 Å². The molecule has 0 radical (unpaired) electrons. The van der Waals surface area contributed by atoms with Gasteiger partial charge in [0.2, 0.25) is 5.95 Å². The topological polar surface area (TPSA) is 264 Å². The van der Waals surface area contributed by atoms with E-state index in [0.29, 0.717) is 17.3 Å². The van der Waals surface area contributed by atoms with Crippen LogP contribution in [0.15, 0.2) is 139 Å². The second kappa shape index (κ2) is 27.2. The molecule has 1 amide bonds. The number of carbonyl (C=O) groups is 2. The molecular weight excluding hydrogens is 1110 g/mol. The van der Waals surface area contributed by atoms with Crippen LogP contribution < -0.4 is 20.3 Å². The molecule has 5 aromatic carbocycles. The minimum Gasteiger partial charge on any atom is -0.497 e. The van der Waals surface area contributed by atoms with Crippen molar-refractivity contribution in [3.05, 3.63) is 192 Å². The molecule has 2 aromatic heterocycles. The minimum atomic E-state index is -1.84. The van der Waals surface area contributed by atoms with E-state index in [0.717, 1.165) is 16.7 Å². The van der Waals surface area contributed by atoms with E-state index in [9.17, 15) is 34.6 Å². The van der Waals surface area contributed by atoms with Gasteiger partial charge < -0.3 is 32.7 Å². The number of H-pyrrole nitrogens is 1. The van der Waals surface area contributed by atoms with E-state index in [1.54, 1.807) is 18.8 Å². The molecule has 4 atom stereocenters. The fourth-order valence-corrected chi connectivity index (χ4v) is 12.5. The number of benzene rings is 5. The molecule has 24 heteroatoms. The third-order valence-corrected chi connectivity index (χ3v) is 17.2. The summed E-state index contributed by atoms with van der Waals surface area (Å²) in [5, 5.41) is 26.8. The number of fused-ring (bicyclic) bond motifs is 1. The molecule has 7 aromatic rings. The van der Waals surface area contributed by atoms with Gasteiger partial charge in [0.1, 0.15) is 36.0 Å². The van der Waals surface area contributed by atoms with E-state index >= 15 is 0 Å². The smallest absolute Gasteiger partial charge is 0.414 e. The van der Waals surface area contributed by atoms with Crippen molar-refractivity contribution in [2.24, 2.45) is 5.41 Å². The summed E-state index contributed by atoms with van der Waals surface area (Å²) in [7, 11) is 1.36. The fraction of sp³-hybridized carbons (Fsp3) is 0.373. The highest BCUT2D eigenvalue weighted by molar-refractivity contribution is 8.13. The van der Waals surface area contributed by atoms with Gasteiger partial charge in [0.25, 0.3) is 25.5 Å². The van der Waals surface area contributed by atoms with Crippen LogP contribution in [0.4, 0.5) is 22.1 Å². The van der Waals surface area contributed by atoms with Crippen molar-refractivity contribution >= 4 is 60.0 Å². The molecule has 22 nitrogen and oxygen atoms in total. The lowest BCUT2D eigenvalue weighted by Crippen LogP contribution is -2.39. The van der Waals surface area contributed by atoms with Gasteiger partial charge in [0.05, 0.1) is 55.6 Å². The number of nitrogens with one attached hydrogen (secondary N) is 2. The predicted molar refractivity (Wildman–Crippen MR) is 315 cm³/mol. The van der Waals surface area contributed by atoms with Gasteiger partial charge >= 0.3 is 6.09 Å². The maximum Gasteiger partial charge on any atom is 0.414 e. The summed E-state index contributed by atoms with van der Waals surface area (Å²) in [6.45, 7) is 13.4. The maximum atomic E-state index is 13.8. The Labute approximate surface area is 485 Å². The van der Waals surface area contributed by atoms with Gasteiger partial charge in [-0.3, -0.25) is 44.7 Å². The second-order valence-corrected chi connectivity index (χ2v) is 23.5. The maximum absolute atomic E-state index is 13.8. The van der Waals surface area contributed by atoms with Gasteiger partial charge in [-0.15, -0.1) is 0 Å². The number of amides is 1. The van der Waals surface area contributed by atoms with E-state index in [1.165, 1.54) is 66.6 Å². The van der Waals surface area contributed by atoms with Crippen LogP contribution in [-0.4, -0.2) is 109 Å². The van der Waals surface area contributed by atoms with Crippen LogP contribution in [0, 0.1) is 25.6 Å². The van der Waals surface area contributed by atoms with E-state index in [2.05, 4.69) is 52.6 Å². The van der Waals surface area contributed by atoms with Crippen LogP contribution >= 0.6 is 20.3 Å². The zero-order valence-electron chi connectivity index (χ0n) is 47.5. The lowest BCUT2D eigenvalue weighted by molar-refractivity contribution is -0.386. The Balaban J connectivity index is 1.15. The molecule has 3 heterocycles. The Kier molecular flexibility index (Phi) is 20.1. The average Bonchev–Trinajstić information content (AvgIpc) is 3.13. The zero-order valence-corrected chi connectivity index (χ0v) is 49.2. The summed E-state index contributed by atoms with van der Waals surface area (Å²) in [5.41, 5.74) is -0.766. The van der Waals surface area contributed by atoms with Crippen molar-refractivity contribution in [1.29, 1.82) is 0 Å². The molecule has 83 heavy (non-hydrogen) atoms. The highest BCUT2D eigenvalue weighted by atomic mass is 32.2. The molecule has 1 aliphatic rings. The molecule has 0 aliphatic carbocycles. The summed E-state index contributed by atoms with van der Waals surface area (Å²) >= 11 is 1.20. The van der Waals surface area contributed by atoms with E-state index in [1.807, 2.05) is 99.6 Å². The van der Waals surface area contributed by atoms with E-state index in [4.69, 9.17) is 32.7 Å². The van der Waals surface area contributed by atoms with Crippen LogP contribution in [0.3, 0.4) is 0 Å². The monoisotopic (exact) mass is 1170 g/mol. The molecular formula is C59H67N8O14PS. The minimum absolute atomic E-state index is 0.0206. The molecule has 2 N–H and O–H groups in total. The number of nitro benzene ring substituents is 2. The van der Waals surface area contributed by atoms with Crippen molar-refractivity contribution in [1.82, 2.24) is 24.2 Å². The summed E-state index contributed by atoms with van der Waals surface area (Å²) in [4.78, 5) is 75.2. The summed E-state index contributed by atoms with van der Waals surface area (Å²) in [5.74, 6) is 0.175. The third-order valence-electron chi connectivity index (χ3n) is 13.8. The number of ether oxygens (including phenoxy) is 5. The van der Waals surface area contributed by atoms with Gasteiger partial charge in [-0.05, 0) is 68.7 Å². The summed E-state index contributed by atoms with van der Waals surface area (Å²) < 4.78 is 48.8. The van der Waals surface area contributed by atoms with Crippen LogP contribution in [0.25, 0.3) is 11.2 Å². The van der Waals surface area contributed by atoms with Crippen LogP contribution in [0.1, 0.15) is 94.9 Å². The number of hydrogen-bond acceptors (Lipinski definition) is 18. The van der Waals surface area contributed by atoms with Gasteiger partial charge in [-0.2, -0.15) is 4.98 Å². The van der Waals surface area contributed by atoms with Gasteiger partial charge in [0.15, 0.2) is 16.3 Å². The first kappa shape index (κ1) is 61.4. The Morgan fingerprint density at radius 1 is 0.819 bits per heavy atom. The number of para-hydroxylation sites is 2. The summed E-state index contributed by atoms with van der Waals surface area (Å²) in [6.07, 6.45) is -2.07. The number of methoxy groups -OCH3 is 2. The lowest BCUT2D eigenvalue weighted by Gasteiger charge is -2.39. The molecule has 1 aliphatic heterocycles. The number of rotatable bonds is 25. The first-order valence-corrected chi connectivity index (χ1v) is 28.9. The highest BCUT2D eigenvalue weighted by Gasteiger charge is 2.45. The largest absolute Gasteiger partial charge is 0.497 e. The van der Waals surface area contributed by atoms with E-state index in [-0.39, 0.29) is 76.4 Å². The van der Waals surface area contributed by atoms with Crippen molar-refractivity contribution in [2.75, 3.05) is 45.1 Å². The standard InChI is InChI=1S/C59H67N8O14PS/c1-37(2)65(38(3)4)82(79-31-32-83-55(69)58(5,6)7)81-49-33-51(80-50(49)35-78-59(39-17-11-10-12-18-39,40-23-27-42(75-8)28-24-40)41-25-29-43(76-9)30-26-41)64-36-60-52-53(64)61-56(62-54(52)68)63-57(70)77-34-46(44-19-13-15-21-47(44)66(71)72)45-20-14-16-22-48(45)67(73)74/h10-30,36-38,46,49-51H,31-35H2,1-9H3,(H2,61,62,63,68,70)/t49-,50+,51+,82?/m0/s1. The molecule has 1 fully saturated rings. The number of nitrogens with zero attached hydrogens (tertiary/aromatic N) is 6. The Bertz CT molecular complexity index is 3320. The second-order valence-electron chi connectivity index (χ2n) is 21.0. The van der Waals surface area contributed by atoms with Gasteiger partial charge in [0, 0.05) is 52.9 Å². The molecule has 0 spiro atoms. The number of nitro groups is 2. The quantitative estimate of drug-likeness (QED) is 0.0177. The summed E-state index contributed by atoms with van der Waals surface area (Å²) in [6, 6.07) is 36.3. The number of anilines is 1. The number of imidazole rings is 1. The van der Waals surface area contributed by atoms with Crippen LogP contribution in [0.5, 0.6) is 11.5 Å². The Morgan fingerprint density at radius 3 is 1.89 bits per heavy atom. The molecule has 0 bridgehead atoms. The van der Waals surface area contributed by atoms with Crippen molar-refractivity contribution in [3.63, 3.8) is 0 Å². The van der Waals surface area contributed by atoms with Gasteiger partial charge in [-0.1, -0.05) is 124 Å². The normalized spacial score (nSPS) is 15.9. The number of aromatic nitrogens is 4. The number of hydrogen-bond donors (Lipinski definition) is 2. The number of thioether (sulfide) groups is 1. The van der Waals surface area contributed by atoms with Crippen molar-refractivity contribution < 1.29 is 52.2 Å². The van der Waals surface area contributed by atoms with Crippen LogP contribution in [0.2, 0.25) is 0 Å². The molecule has 0 saturated carbocycles. The number of aromatic amines is 1. The van der Waals surface area contributed by atoms with Crippen molar-refractivity contribution in [2.45, 2.75) is 96.9 Å². The third kappa shape index (κ3) is 14.2. The molecule has 438 valence electrons. The Hall–Kier alpha value is -7.63. The van der Waals surface area contributed by atoms with Gasteiger partial charge in [-0.25, -0.2) is 14.4 Å². The highest BCUT2D eigenvalue weighted by Crippen LogP contribution is 2.51. The average molecular weight is 1180 g/mol. The molecule has 1 unspecified atom stereocenters. The SMILES string of the molecule is COc1ccc(C(OC[C@H]2O[C@@H](n3cnc4c(=O)[nH]c(NC(=O)OCC(c5ccccc5[N+](=O)[O-])c5ccccc5[N+](=O)[O-])nc43)C[C@@H]2OP(OCCSC(=O)C(C)(C)C)N(C(C)C)C(C)C)(c2ccccc2)c2ccc(OC)cc2)cc1. The first-order chi connectivity index (χ1) is 39.7. The predicted octanol–water partition coefficient (Wildman–Crippen LogP) is 11.7. The number of carbonyl (C=O) groups excluding carboxylic acids is 2. The molecule has 1 saturated heterocycles.